The van der Waals surface area contributed by atoms with E-state index in [4.69, 9.17) is 0 Å². The van der Waals surface area contributed by atoms with Gasteiger partial charge in [0, 0.05) is 34.9 Å². The minimum absolute atomic E-state index is 0.495. The van der Waals surface area contributed by atoms with E-state index in [0.29, 0.717) is 5.56 Å². The molecule has 10 rings (SSSR count). The Morgan fingerprint density at radius 3 is 2.23 bits per heavy atom. The molecule has 0 saturated carbocycles. The van der Waals surface area contributed by atoms with Crippen molar-refractivity contribution >= 4 is 32.7 Å². The highest BCUT2D eigenvalue weighted by Gasteiger charge is 2.50. The number of aromatic nitrogens is 2. The Balaban J connectivity index is 1.41. The largest absolute Gasteiger partial charge is 0.350 e. The highest BCUT2D eigenvalue weighted by Crippen LogP contribution is 2.61. The predicted molar refractivity (Wildman–Crippen MR) is 178 cm³/mol. The summed E-state index contributed by atoms with van der Waals surface area (Å²) in [6.07, 6.45) is 2.17. The average molecular weight is 560 g/mol. The van der Waals surface area contributed by atoms with Gasteiger partial charge in [0.25, 0.3) is 0 Å². The van der Waals surface area contributed by atoms with Gasteiger partial charge < -0.3 is 9.13 Å². The zero-order valence-corrected chi connectivity index (χ0v) is 24.0. The number of nitriles is 1. The number of para-hydroxylation sites is 2. The minimum Gasteiger partial charge on any atom is -0.350 e. The van der Waals surface area contributed by atoms with Crippen LogP contribution in [-0.2, 0) is 12.5 Å². The molecule has 6 aromatic carbocycles. The molecule has 8 aromatic rings. The van der Waals surface area contributed by atoms with E-state index in [0.717, 1.165) is 11.1 Å². The van der Waals surface area contributed by atoms with Gasteiger partial charge in [0.15, 0.2) is 0 Å². The van der Waals surface area contributed by atoms with Crippen LogP contribution in [0.2, 0.25) is 0 Å². The molecule has 3 heteroatoms. The van der Waals surface area contributed by atoms with Crippen LogP contribution < -0.4 is 0 Å². The number of nitrogens with zero attached hydrogens (tertiary/aromatic N) is 3. The van der Waals surface area contributed by atoms with Crippen LogP contribution in [0.1, 0.15) is 27.8 Å². The fraction of sp³-hybridized carbons (Fsp3) is 0.0488. The van der Waals surface area contributed by atoms with Gasteiger partial charge in [-0.3, -0.25) is 0 Å². The Kier molecular flexibility index (Phi) is 4.39. The van der Waals surface area contributed by atoms with Gasteiger partial charge >= 0.3 is 0 Å². The van der Waals surface area contributed by atoms with Crippen molar-refractivity contribution in [3.63, 3.8) is 0 Å². The van der Waals surface area contributed by atoms with Crippen LogP contribution in [0.3, 0.4) is 0 Å². The zero-order valence-electron chi connectivity index (χ0n) is 24.0. The third kappa shape index (κ3) is 2.68. The number of hydrogen-bond acceptors (Lipinski definition) is 1. The SMILES string of the molecule is Cn1ccc2c1ccc1c3cccc4c3n(c12)-c1ccccc1C41c2ccccc2-c2ccc(-c3cccc(C#N)c3)cc21. The van der Waals surface area contributed by atoms with Gasteiger partial charge in [-0.1, -0.05) is 91.0 Å². The molecule has 1 spiro atoms. The van der Waals surface area contributed by atoms with E-state index in [1.807, 2.05) is 18.2 Å². The van der Waals surface area contributed by atoms with Crippen molar-refractivity contribution < 1.29 is 0 Å². The topological polar surface area (TPSA) is 33.6 Å². The lowest BCUT2D eigenvalue weighted by molar-refractivity contribution is 0.749. The van der Waals surface area contributed by atoms with Crippen LogP contribution in [0.5, 0.6) is 0 Å². The van der Waals surface area contributed by atoms with Crippen molar-refractivity contribution in [1.82, 2.24) is 9.13 Å². The smallest absolute Gasteiger partial charge is 0.0991 e. The summed E-state index contributed by atoms with van der Waals surface area (Å²) in [6.45, 7) is 0. The number of fused-ring (bicyclic) bond motifs is 14. The van der Waals surface area contributed by atoms with E-state index in [9.17, 15) is 5.26 Å². The third-order valence-corrected chi connectivity index (χ3v) is 10.1. The van der Waals surface area contributed by atoms with Gasteiger partial charge in [-0.05, 0) is 80.9 Å². The monoisotopic (exact) mass is 559 g/mol. The van der Waals surface area contributed by atoms with Crippen LogP contribution in [0.4, 0.5) is 0 Å². The van der Waals surface area contributed by atoms with Gasteiger partial charge in [-0.15, -0.1) is 0 Å². The Bertz CT molecular complexity index is 2590. The zero-order chi connectivity index (χ0) is 29.2. The molecule has 0 N–H and O–H groups in total. The van der Waals surface area contributed by atoms with Gasteiger partial charge in [0.2, 0.25) is 0 Å². The molecule has 0 radical (unpaired) electrons. The lowest BCUT2D eigenvalue weighted by Gasteiger charge is -2.39. The number of rotatable bonds is 1. The molecule has 204 valence electrons. The Hall–Kier alpha value is -5.85. The summed E-state index contributed by atoms with van der Waals surface area (Å²) in [5, 5.41) is 13.5. The van der Waals surface area contributed by atoms with Crippen molar-refractivity contribution in [2.75, 3.05) is 0 Å². The molecule has 3 nitrogen and oxygen atoms in total. The Labute approximate surface area is 254 Å². The van der Waals surface area contributed by atoms with Crippen LogP contribution >= 0.6 is 0 Å². The molecule has 0 bridgehead atoms. The maximum atomic E-state index is 9.64. The van der Waals surface area contributed by atoms with Crippen molar-refractivity contribution in [2.24, 2.45) is 7.05 Å². The maximum Gasteiger partial charge on any atom is 0.0991 e. The third-order valence-electron chi connectivity index (χ3n) is 10.1. The molecule has 0 saturated heterocycles. The van der Waals surface area contributed by atoms with Crippen molar-refractivity contribution in [3.8, 4) is 34.0 Å². The first kappa shape index (κ1) is 23.7. The molecule has 1 aliphatic carbocycles. The van der Waals surface area contributed by atoms with Crippen LogP contribution in [0, 0.1) is 11.3 Å². The summed E-state index contributed by atoms with van der Waals surface area (Å²) in [6, 6.07) is 48.8. The molecule has 44 heavy (non-hydrogen) atoms. The van der Waals surface area contributed by atoms with E-state index in [-0.39, 0.29) is 0 Å². The molecular formula is C41H25N3. The van der Waals surface area contributed by atoms with Gasteiger partial charge in [-0.25, -0.2) is 0 Å². The summed E-state index contributed by atoms with van der Waals surface area (Å²) < 4.78 is 4.74. The lowest BCUT2D eigenvalue weighted by Crippen LogP contribution is -2.33. The molecule has 2 aliphatic rings. The second kappa shape index (κ2) is 8.16. The summed E-state index contributed by atoms with van der Waals surface area (Å²) in [4.78, 5) is 0. The maximum absolute atomic E-state index is 9.64. The average Bonchev–Trinajstić information content (AvgIpc) is 3.72. The minimum atomic E-state index is -0.495. The molecule has 0 amide bonds. The summed E-state index contributed by atoms with van der Waals surface area (Å²) in [5.74, 6) is 0. The van der Waals surface area contributed by atoms with E-state index in [1.165, 1.54) is 71.8 Å². The van der Waals surface area contributed by atoms with Crippen LogP contribution in [-0.4, -0.2) is 9.13 Å². The predicted octanol–water partition coefficient (Wildman–Crippen LogP) is 9.49. The van der Waals surface area contributed by atoms with Crippen molar-refractivity contribution in [3.05, 3.63) is 161 Å². The van der Waals surface area contributed by atoms with Gasteiger partial charge in [0.1, 0.15) is 0 Å². The molecule has 2 aromatic heterocycles. The van der Waals surface area contributed by atoms with Crippen LogP contribution in [0.15, 0.2) is 134 Å². The molecule has 0 fully saturated rings. The lowest BCUT2D eigenvalue weighted by atomic mass is 9.65. The van der Waals surface area contributed by atoms with Gasteiger partial charge in [-0.2, -0.15) is 5.26 Å². The molecule has 3 heterocycles. The van der Waals surface area contributed by atoms with E-state index in [2.05, 4.69) is 138 Å². The second-order valence-corrected chi connectivity index (χ2v) is 12.1. The number of aryl methyl sites for hydroxylation is 1. The number of hydrogen-bond donors (Lipinski definition) is 0. The first-order chi connectivity index (χ1) is 21.7. The first-order valence-corrected chi connectivity index (χ1v) is 15.1. The van der Waals surface area contributed by atoms with Crippen molar-refractivity contribution in [2.45, 2.75) is 5.41 Å². The highest BCUT2D eigenvalue weighted by atomic mass is 15.0. The Morgan fingerprint density at radius 2 is 1.32 bits per heavy atom. The standard InChI is InChI=1S/C41H25N3/c1-43-21-20-32-37(43)19-18-31-30-11-7-14-35-40(30)44(39(31)32)38-15-5-4-13-34(38)41(35)33-12-3-2-10-28(33)29-17-16-27(23-36(29)41)26-9-6-8-25(22-26)24-42/h2-23H,1H3. The summed E-state index contributed by atoms with van der Waals surface area (Å²) >= 11 is 0. The molecular weight excluding hydrogens is 534 g/mol. The van der Waals surface area contributed by atoms with Gasteiger partial charge in [0.05, 0.1) is 33.8 Å². The van der Waals surface area contributed by atoms with E-state index >= 15 is 0 Å². The van der Waals surface area contributed by atoms with E-state index in [1.54, 1.807) is 0 Å². The second-order valence-electron chi connectivity index (χ2n) is 12.1. The Morgan fingerprint density at radius 1 is 0.568 bits per heavy atom. The molecule has 1 atom stereocenters. The summed E-state index contributed by atoms with van der Waals surface area (Å²) in [5.41, 5.74) is 15.1. The fourth-order valence-electron chi connectivity index (χ4n) is 8.39. The quantitative estimate of drug-likeness (QED) is 0.197. The van der Waals surface area contributed by atoms with Crippen molar-refractivity contribution in [1.29, 1.82) is 5.26 Å². The van der Waals surface area contributed by atoms with Crippen LogP contribution in [0.25, 0.3) is 60.6 Å². The normalized spacial score (nSPS) is 15.9. The molecule has 1 unspecified atom stereocenters. The van der Waals surface area contributed by atoms with E-state index < -0.39 is 5.41 Å². The highest BCUT2D eigenvalue weighted by molar-refractivity contribution is 6.20. The number of benzene rings is 6. The first-order valence-electron chi connectivity index (χ1n) is 15.1. The summed E-state index contributed by atoms with van der Waals surface area (Å²) in [7, 11) is 2.12. The fourth-order valence-corrected chi connectivity index (χ4v) is 8.39. The molecule has 1 aliphatic heterocycles.